The van der Waals surface area contributed by atoms with Gasteiger partial charge in [0.05, 0.1) is 11.9 Å². The molecule has 3 aromatic rings. The fourth-order valence-corrected chi connectivity index (χ4v) is 3.80. The van der Waals surface area contributed by atoms with Crippen molar-refractivity contribution in [2.75, 3.05) is 13.1 Å². The second kappa shape index (κ2) is 6.96. The molecular weight excluding hydrogens is 312 g/mol. The van der Waals surface area contributed by atoms with Gasteiger partial charge in [-0.3, -0.25) is 9.58 Å². The zero-order valence-corrected chi connectivity index (χ0v) is 15.1. The maximum atomic E-state index is 4.98. The minimum atomic E-state index is 0.497. The van der Waals surface area contributed by atoms with Crippen LogP contribution in [0.1, 0.15) is 43.5 Å². The molecule has 0 saturated carbocycles. The zero-order valence-electron chi connectivity index (χ0n) is 15.1. The molecule has 0 aliphatic carbocycles. The molecule has 4 heterocycles. The number of aryl methyl sites for hydroxylation is 2. The lowest BCUT2D eigenvalue weighted by atomic mass is 9.94. The highest BCUT2D eigenvalue weighted by Crippen LogP contribution is 2.28. The van der Waals surface area contributed by atoms with Crippen LogP contribution in [0.5, 0.6) is 0 Å². The molecule has 1 saturated heterocycles. The normalized spacial score (nSPS) is 18.9. The Morgan fingerprint density at radius 3 is 2.92 bits per heavy atom. The lowest BCUT2D eigenvalue weighted by Gasteiger charge is -2.32. The molecule has 1 unspecified atom stereocenters. The van der Waals surface area contributed by atoms with Crippen LogP contribution in [0.15, 0.2) is 30.6 Å². The van der Waals surface area contributed by atoms with Gasteiger partial charge < -0.3 is 0 Å². The van der Waals surface area contributed by atoms with Gasteiger partial charge >= 0.3 is 0 Å². The quantitative estimate of drug-likeness (QED) is 0.718. The van der Waals surface area contributed by atoms with E-state index in [2.05, 4.69) is 40.2 Å². The van der Waals surface area contributed by atoms with Gasteiger partial charge in [0, 0.05) is 49.9 Å². The van der Waals surface area contributed by atoms with Crippen LogP contribution < -0.4 is 0 Å². The molecule has 25 heavy (non-hydrogen) atoms. The van der Waals surface area contributed by atoms with E-state index in [1.807, 2.05) is 28.8 Å². The first-order valence-corrected chi connectivity index (χ1v) is 9.26. The Morgan fingerprint density at radius 2 is 2.12 bits per heavy atom. The molecule has 132 valence electrons. The van der Waals surface area contributed by atoms with E-state index in [4.69, 9.17) is 4.98 Å². The Kier molecular flexibility index (Phi) is 4.53. The fraction of sp³-hybridized carbons (Fsp3) is 0.526. The molecular formula is C19H26N6. The van der Waals surface area contributed by atoms with Gasteiger partial charge in [0.1, 0.15) is 0 Å². The molecule has 1 atom stereocenters. The van der Waals surface area contributed by atoms with E-state index in [-0.39, 0.29) is 0 Å². The number of hydrogen-bond donors (Lipinski definition) is 0. The lowest BCUT2D eigenvalue weighted by molar-refractivity contribution is 0.194. The lowest BCUT2D eigenvalue weighted by Crippen LogP contribution is -2.34. The Labute approximate surface area is 148 Å². The van der Waals surface area contributed by atoms with E-state index in [0.717, 1.165) is 43.6 Å². The van der Waals surface area contributed by atoms with Gasteiger partial charge in [0.15, 0.2) is 5.65 Å². The van der Waals surface area contributed by atoms with Crippen molar-refractivity contribution in [2.45, 2.75) is 45.2 Å². The predicted octanol–water partition coefficient (Wildman–Crippen LogP) is 2.95. The molecule has 1 aliphatic heterocycles. The monoisotopic (exact) mass is 338 g/mol. The molecule has 0 bridgehead atoms. The maximum Gasteiger partial charge on any atom is 0.157 e. The number of pyridine rings is 1. The molecule has 0 spiro atoms. The van der Waals surface area contributed by atoms with Crippen molar-refractivity contribution in [1.29, 1.82) is 0 Å². The maximum absolute atomic E-state index is 4.98. The molecule has 0 radical (unpaired) electrons. The third kappa shape index (κ3) is 3.31. The summed E-state index contributed by atoms with van der Waals surface area (Å²) >= 11 is 0. The first kappa shape index (κ1) is 16.3. The summed E-state index contributed by atoms with van der Waals surface area (Å²) in [5.41, 5.74) is 3.51. The van der Waals surface area contributed by atoms with Crippen molar-refractivity contribution < 1.29 is 0 Å². The summed E-state index contributed by atoms with van der Waals surface area (Å²) in [6.07, 6.45) is 7.31. The van der Waals surface area contributed by atoms with Crippen LogP contribution in [0.4, 0.5) is 0 Å². The number of piperidine rings is 1. The van der Waals surface area contributed by atoms with Gasteiger partial charge in [-0.2, -0.15) is 10.2 Å². The van der Waals surface area contributed by atoms with Crippen LogP contribution in [-0.4, -0.2) is 42.5 Å². The van der Waals surface area contributed by atoms with Gasteiger partial charge in [-0.05, 0) is 44.0 Å². The Balaban J connectivity index is 1.53. The Morgan fingerprint density at radius 1 is 1.20 bits per heavy atom. The second-order valence-electron chi connectivity index (χ2n) is 7.04. The van der Waals surface area contributed by atoms with Crippen molar-refractivity contribution in [3.05, 3.63) is 42.0 Å². The predicted molar refractivity (Wildman–Crippen MR) is 98.3 cm³/mol. The van der Waals surface area contributed by atoms with Gasteiger partial charge in [0.2, 0.25) is 0 Å². The van der Waals surface area contributed by atoms with Crippen LogP contribution in [0.2, 0.25) is 0 Å². The summed E-state index contributed by atoms with van der Waals surface area (Å²) in [7, 11) is 2.02. The number of fused-ring (bicyclic) bond motifs is 1. The van der Waals surface area contributed by atoms with Crippen LogP contribution in [-0.2, 0) is 20.1 Å². The molecule has 6 nitrogen and oxygen atoms in total. The highest BCUT2D eigenvalue weighted by atomic mass is 15.3. The Hall–Kier alpha value is -2.21. The Bertz CT molecular complexity index is 849. The number of likely N-dealkylation sites (tertiary alicyclic amines) is 1. The third-order valence-electron chi connectivity index (χ3n) is 5.17. The molecule has 0 N–H and O–H groups in total. The summed E-state index contributed by atoms with van der Waals surface area (Å²) in [6, 6.07) is 6.48. The van der Waals surface area contributed by atoms with E-state index in [9.17, 15) is 0 Å². The minimum absolute atomic E-state index is 0.497. The first-order chi connectivity index (χ1) is 12.2. The topological polar surface area (TPSA) is 51.8 Å². The van der Waals surface area contributed by atoms with Crippen LogP contribution in [0, 0.1) is 0 Å². The average Bonchev–Trinajstić information content (AvgIpc) is 3.22. The number of hydrogen-bond acceptors (Lipinski definition) is 4. The number of nitrogens with zero attached hydrogens (tertiary/aromatic N) is 6. The van der Waals surface area contributed by atoms with E-state index in [1.165, 1.54) is 24.2 Å². The molecule has 1 aliphatic rings. The summed E-state index contributed by atoms with van der Waals surface area (Å²) in [5, 5.41) is 9.90. The second-order valence-corrected chi connectivity index (χ2v) is 7.04. The standard InChI is InChI=1S/C19H26N6/c1-3-10-25-19-15(12-21-25)6-7-18(22-19)16-5-4-11-24(13-16)14-17-8-9-20-23(17)2/h6-9,12,16H,3-5,10-11,13-14H2,1-2H3. The first-order valence-electron chi connectivity index (χ1n) is 9.26. The summed E-state index contributed by atoms with van der Waals surface area (Å²) in [4.78, 5) is 7.51. The largest absolute Gasteiger partial charge is 0.297 e. The number of rotatable bonds is 5. The van der Waals surface area contributed by atoms with E-state index < -0.39 is 0 Å². The molecule has 0 amide bonds. The average molecular weight is 338 g/mol. The molecule has 4 rings (SSSR count). The summed E-state index contributed by atoms with van der Waals surface area (Å²) < 4.78 is 4.01. The van der Waals surface area contributed by atoms with Crippen molar-refractivity contribution >= 4 is 11.0 Å². The molecule has 6 heteroatoms. The molecule has 3 aromatic heterocycles. The van der Waals surface area contributed by atoms with Crippen molar-refractivity contribution in [3.63, 3.8) is 0 Å². The summed E-state index contributed by atoms with van der Waals surface area (Å²) in [6.45, 7) is 6.28. The fourth-order valence-electron chi connectivity index (χ4n) is 3.80. The van der Waals surface area contributed by atoms with E-state index in [0.29, 0.717) is 5.92 Å². The van der Waals surface area contributed by atoms with Crippen molar-refractivity contribution in [3.8, 4) is 0 Å². The van der Waals surface area contributed by atoms with Crippen LogP contribution in [0.25, 0.3) is 11.0 Å². The van der Waals surface area contributed by atoms with Crippen LogP contribution >= 0.6 is 0 Å². The molecule has 0 aromatic carbocycles. The van der Waals surface area contributed by atoms with Crippen LogP contribution in [0.3, 0.4) is 0 Å². The minimum Gasteiger partial charge on any atom is -0.297 e. The van der Waals surface area contributed by atoms with Crippen molar-refractivity contribution in [2.24, 2.45) is 7.05 Å². The highest BCUT2D eigenvalue weighted by molar-refractivity contribution is 5.74. The van der Waals surface area contributed by atoms with Crippen molar-refractivity contribution in [1.82, 2.24) is 29.4 Å². The van der Waals surface area contributed by atoms with Gasteiger partial charge in [-0.15, -0.1) is 0 Å². The highest BCUT2D eigenvalue weighted by Gasteiger charge is 2.23. The van der Waals surface area contributed by atoms with E-state index in [1.54, 1.807) is 0 Å². The van der Waals surface area contributed by atoms with Gasteiger partial charge in [0.25, 0.3) is 0 Å². The van der Waals surface area contributed by atoms with Gasteiger partial charge in [-0.1, -0.05) is 6.92 Å². The number of aromatic nitrogens is 5. The summed E-state index contributed by atoms with van der Waals surface area (Å²) in [5.74, 6) is 0.497. The third-order valence-corrected chi connectivity index (χ3v) is 5.17. The van der Waals surface area contributed by atoms with E-state index >= 15 is 0 Å². The SMILES string of the molecule is CCCn1ncc2ccc(C3CCCN(Cc4ccnn4C)C3)nc21. The zero-order chi connectivity index (χ0) is 17.2. The smallest absolute Gasteiger partial charge is 0.157 e. The molecule has 1 fully saturated rings. The van der Waals surface area contributed by atoms with Gasteiger partial charge in [-0.25, -0.2) is 9.67 Å².